The molecule has 18 heavy (non-hydrogen) atoms. The largest absolute Gasteiger partial charge is 0.480 e. The molecule has 0 saturated carbocycles. The van der Waals surface area contributed by atoms with Gasteiger partial charge < -0.3 is 14.9 Å². The fraction of sp³-hybridized carbons (Fsp3) is 0.636. The lowest BCUT2D eigenvalue weighted by Crippen LogP contribution is -2.37. The average molecular weight is 251 g/mol. The van der Waals surface area contributed by atoms with Crippen LogP contribution >= 0.6 is 0 Å². The van der Waals surface area contributed by atoms with E-state index in [2.05, 4.69) is 15.0 Å². The van der Waals surface area contributed by atoms with Gasteiger partial charge in [0.05, 0.1) is 0 Å². The van der Waals surface area contributed by atoms with Gasteiger partial charge in [-0.3, -0.25) is 0 Å². The number of anilines is 2. The molecule has 1 aromatic heterocycles. The zero-order valence-electron chi connectivity index (χ0n) is 10.8. The summed E-state index contributed by atoms with van der Waals surface area (Å²) in [5, 5.41) is 9.17. The summed E-state index contributed by atoms with van der Waals surface area (Å²) < 4.78 is 0. The first-order valence-electron chi connectivity index (χ1n) is 5.88. The molecule has 98 valence electrons. The van der Waals surface area contributed by atoms with Gasteiger partial charge in [-0.2, -0.15) is 15.0 Å². The molecule has 2 heterocycles. The quantitative estimate of drug-likeness (QED) is 0.827. The van der Waals surface area contributed by atoms with Gasteiger partial charge in [0.2, 0.25) is 11.9 Å². The molecule has 0 radical (unpaired) electrons. The second-order valence-electron chi connectivity index (χ2n) is 4.57. The van der Waals surface area contributed by atoms with Crippen molar-refractivity contribution in [2.75, 3.05) is 30.4 Å². The van der Waals surface area contributed by atoms with E-state index in [0.717, 1.165) is 6.42 Å². The molecule has 0 aromatic carbocycles. The lowest BCUT2D eigenvalue weighted by Gasteiger charge is -2.22. The van der Waals surface area contributed by atoms with E-state index in [0.29, 0.717) is 30.7 Å². The number of nitrogens with zero attached hydrogens (tertiary/aromatic N) is 5. The maximum atomic E-state index is 11.2. The van der Waals surface area contributed by atoms with E-state index >= 15 is 0 Å². The van der Waals surface area contributed by atoms with E-state index in [1.54, 1.807) is 16.7 Å². The second-order valence-corrected chi connectivity index (χ2v) is 4.57. The summed E-state index contributed by atoms with van der Waals surface area (Å²) in [7, 11) is 3.69. The molecule has 1 aromatic rings. The number of aryl methyl sites for hydroxylation is 1. The molecule has 7 heteroatoms. The number of hydrogen-bond donors (Lipinski definition) is 1. The van der Waals surface area contributed by atoms with E-state index in [1.165, 1.54) is 0 Å². The molecule has 1 atom stereocenters. The summed E-state index contributed by atoms with van der Waals surface area (Å²) in [6.45, 7) is 2.46. The van der Waals surface area contributed by atoms with Crippen molar-refractivity contribution in [2.45, 2.75) is 25.8 Å². The highest BCUT2D eigenvalue weighted by Crippen LogP contribution is 2.23. The highest BCUT2D eigenvalue weighted by Gasteiger charge is 2.32. The van der Waals surface area contributed by atoms with Gasteiger partial charge in [0, 0.05) is 20.6 Å². The summed E-state index contributed by atoms with van der Waals surface area (Å²) in [6, 6.07) is -0.526. The number of aliphatic carboxylic acids is 1. The van der Waals surface area contributed by atoms with E-state index in [9.17, 15) is 4.79 Å². The number of hydrogen-bond acceptors (Lipinski definition) is 6. The molecule has 1 fully saturated rings. The fourth-order valence-corrected chi connectivity index (χ4v) is 2.05. The standard InChI is InChI=1S/C11H17N5O2/c1-7-12-10(15(2)3)14-11(13-7)16-6-4-5-8(16)9(17)18/h8H,4-6H2,1-3H3,(H,17,18)/t8-/m1/s1. The van der Waals surface area contributed by atoms with Crippen LogP contribution in [0, 0.1) is 6.92 Å². The molecule has 0 bridgehead atoms. The Balaban J connectivity index is 2.35. The van der Waals surface area contributed by atoms with Crippen LogP contribution < -0.4 is 9.80 Å². The van der Waals surface area contributed by atoms with Gasteiger partial charge in [-0.1, -0.05) is 0 Å². The number of carboxylic acids is 1. The normalized spacial score (nSPS) is 19.1. The second kappa shape index (κ2) is 4.75. The van der Waals surface area contributed by atoms with Crippen LogP contribution in [0.2, 0.25) is 0 Å². The molecule has 0 unspecified atom stereocenters. The summed E-state index contributed by atoms with van der Waals surface area (Å²) >= 11 is 0. The van der Waals surface area contributed by atoms with Crippen molar-refractivity contribution >= 4 is 17.9 Å². The van der Waals surface area contributed by atoms with Gasteiger partial charge in [-0.25, -0.2) is 4.79 Å². The number of aromatic nitrogens is 3. The number of rotatable bonds is 3. The van der Waals surface area contributed by atoms with Crippen LogP contribution in [0.1, 0.15) is 18.7 Å². The number of carboxylic acid groups (broad SMARTS) is 1. The van der Waals surface area contributed by atoms with Crippen LogP contribution in [0.5, 0.6) is 0 Å². The highest BCUT2D eigenvalue weighted by molar-refractivity contribution is 5.78. The minimum atomic E-state index is -0.822. The Labute approximate surface area is 105 Å². The topological polar surface area (TPSA) is 82.5 Å². The van der Waals surface area contributed by atoms with Crippen molar-refractivity contribution in [2.24, 2.45) is 0 Å². The van der Waals surface area contributed by atoms with Gasteiger partial charge in [0.15, 0.2) is 0 Å². The van der Waals surface area contributed by atoms with Crippen molar-refractivity contribution in [1.29, 1.82) is 0 Å². The maximum Gasteiger partial charge on any atom is 0.326 e. The summed E-state index contributed by atoms with van der Waals surface area (Å²) in [4.78, 5) is 27.5. The average Bonchev–Trinajstić information content (AvgIpc) is 2.76. The minimum Gasteiger partial charge on any atom is -0.480 e. The third-order valence-electron chi connectivity index (χ3n) is 2.92. The predicted octanol–water partition coefficient (Wildman–Crippen LogP) is 0.299. The SMILES string of the molecule is Cc1nc(N(C)C)nc(N2CCC[C@@H]2C(=O)O)n1. The van der Waals surface area contributed by atoms with E-state index in [4.69, 9.17) is 5.11 Å². The predicted molar refractivity (Wildman–Crippen MR) is 66.9 cm³/mol. The molecule has 7 nitrogen and oxygen atoms in total. The van der Waals surface area contributed by atoms with Crippen LogP contribution in [0.3, 0.4) is 0 Å². The fourth-order valence-electron chi connectivity index (χ4n) is 2.05. The first-order valence-corrected chi connectivity index (χ1v) is 5.88. The van der Waals surface area contributed by atoms with Gasteiger partial charge in [-0.05, 0) is 19.8 Å². The summed E-state index contributed by atoms with van der Waals surface area (Å²) in [5.41, 5.74) is 0. The van der Waals surface area contributed by atoms with Crippen molar-refractivity contribution in [3.63, 3.8) is 0 Å². The third kappa shape index (κ3) is 2.34. The van der Waals surface area contributed by atoms with Crippen molar-refractivity contribution in [1.82, 2.24) is 15.0 Å². The highest BCUT2D eigenvalue weighted by atomic mass is 16.4. The number of carbonyl (C=O) groups is 1. The Morgan fingerprint density at radius 1 is 1.39 bits per heavy atom. The van der Waals surface area contributed by atoms with Gasteiger partial charge in [-0.15, -0.1) is 0 Å². The Morgan fingerprint density at radius 2 is 2.11 bits per heavy atom. The monoisotopic (exact) mass is 251 g/mol. The van der Waals surface area contributed by atoms with Crippen molar-refractivity contribution in [3.8, 4) is 0 Å². The molecule has 0 aliphatic carbocycles. The lowest BCUT2D eigenvalue weighted by molar-refractivity contribution is -0.138. The van der Waals surface area contributed by atoms with E-state index in [-0.39, 0.29) is 0 Å². The van der Waals surface area contributed by atoms with E-state index in [1.807, 2.05) is 14.1 Å². The van der Waals surface area contributed by atoms with Crippen LogP contribution in [0.4, 0.5) is 11.9 Å². The van der Waals surface area contributed by atoms with Gasteiger partial charge >= 0.3 is 5.97 Å². The van der Waals surface area contributed by atoms with E-state index < -0.39 is 12.0 Å². The maximum absolute atomic E-state index is 11.2. The smallest absolute Gasteiger partial charge is 0.326 e. The molecule has 0 spiro atoms. The summed E-state index contributed by atoms with van der Waals surface area (Å²) in [5.74, 6) is 0.779. The molecule has 1 saturated heterocycles. The van der Waals surface area contributed by atoms with Crippen LogP contribution in [-0.2, 0) is 4.79 Å². The Hall–Kier alpha value is -1.92. The molecular formula is C11H17N5O2. The van der Waals surface area contributed by atoms with Crippen molar-refractivity contribution < 1.29 is 9.90 Å². The minimum absolute atomic E-state index is 0.455. The van der Waals surface area contributed by atoms with Crippen LogP contribution in [-0.4, -0.2) is 52.7 Å². The summed E-state index contributed by atoms with van der Waals surface area (Å²) in [6.07, 6.45) is 1.48. The van der Waals surface area contributed by atoms with Gasteiger partial charge in [0.25, 0.3) is 0 Å². The Morgan fingerprint density at radius 3 is 2.72 bits per heavy atom. The first-order chi connectivity index (χ1) is 8.49. The van der Waals surface area contributed by atoms with Crippen molar-refractivity contribution in [3.05, 3.63) is 5.82 Å². The molecule has 1 aliphatic heterocycles. The zero-order valence-corrected chi connectivity index (χ0v) is 10.8. The molecule has 1 aliphatic rings. The zero-order chi connectivity index (χ0) is 13.3. The Bertz CT molecular complexity index is 463. The van der Waals surface area contributed by atoms with Gasteiger partial charge in [0.1, 0.15) is 11.9 Å². The molecular weight excluding hydrogens is 234 g/mol. The molecule has 2 rings (SSSR count). The Kier molecular flexibility index (Phi) is 3.31. The molecule has 0 amide bonds. The van der Waals surface area contributed by atoms with Crippen LogP contribution in [0.25, 0.3) is 0 Å². The molecule has 1 N–H and O–H groups in total. The first kappa shape index (κ1) is 12.5. The van der Waals surface area contributed by atoms with Crippen LogP contribution in [0.15, 0.2) is 0 Å². The lowest BCUT2D eigenvalue weighted by atomic mass is 10.2. The third-order valence-corrected chi connectivity index (χ3v) is 2.92.